The Morgan fingerprint density at radius 1 is 1.11 bits per heavy atom. The predicted molar refractivity (Wildman–Crippen MR) is 84.2 cm³/mol. The summed E-state index contributed by atoms with van der Waals surface area (Å²) in [5, 5.41) is 2.31. The number of hydrogen-bond acceptors (Lipinski definition) is 2. The van der Waals surface area contributed by atoms with Gasteiger partial charge in [0.15, 0.2) is 0 Å². The Bertz CT molecular complexity index is 561. The summed E-state index contributed by atoms with van der Waals surface area (Å²) in [6.07, 6.45) is 5.56. The maximum atomic E-state index is 2.42. The van der Waals surface area contributed by atoms with Crippen molar-refractivity contribution in [2.75, 3.05) is 0 Å². The van der Waals surface area contributed by atoms with Gasteiger partial charge in [-0.2, -0.15) is 0 Å². The van der Waals surface area contributed by atoms with E-state index in [0.29, 0.717) is 5.41 Å². The van der Waals surface area contributed by atoms with Crippen LogP contribution in [0.5, 0.6) is 0 Å². The second kappa shape index (κ2) is 4.35. The lowest BCUT2D eigenvalue weighted by Crippen LogP contribution is -2.20. The largest absolute Gasteiger partial charge is 0.142 e. The minimum atomic E-state index is 0.578. The highest BCUT2D eigenvalue weighted by atomic mass is 32.1. The topological polar surface area (TPSA) is 0 Å². The van der Waals surface area contributed by atoms with E-state index in [2.05, 4.69) is 44.4 Å². The summed E-state index contributed by atoms with van der Waals surface area (Å²) in [6.45, 7) is 9.44. The van der Waals surface area contributed by atoms with Crippen molar-refractivity contribution in [2.45, 2.75) is 59.3 Å². The minimum absolute atomic E-state index is 0.578. The molecule has 0 amide bonds. The third-order valence-electron chi connectivity index (χ3n) is 4.55. The van der Waals surface area contributed by atoms with Gasteiger partial charge in [-0.1, -0.05) is 13.8 Å². The molecule has 0 aromatic carbocycles. The molecule has 1 saturated carbocycles. The van der Waals surface area contributed by atoms with E-state index in [1.54, 1.807) is 19.8 Å². The molecule has 0 spiro atoms. The Balaban J connectivity index is 1.93. The second-order valence-electron chi connectivity index (χ2n) is 6.61. The lowest BCUT2D eigenvalue weighted by Gasteiger charge is -2.34. The molecule has 2 heteroatoms. The first-order valence-corrected chi connectivity index (χ1v) is 8.65. The highest BCUT2D eigenvalue weighted by Crippen LogP contribution is 2.48. The Kier molecular flexibility index (Phi) is 3.06. The van der Waals surface area contributed by atoms with Crippen LogP contribution in [0.1, 0.15) is 61.5 Å². The molecule has 0 aliphatic heterocycles. The van der Waals surface area contributed by atoms with Crippen LogP contribution >= 0.6 is 22.7 Å². The molecule has 0 unspecified atom stereocenters. The van der Waals surface area contributed by atoms with Crippen LogP contribution in [-0.4, -0.2) is 0 Å². The van der Waals surface area contributed by atoms with Crippen molar-refractivity contribution in [3.8, 4) is 0 Å². The van der Waals surface area contributed by atoms with Gasteiger partial charge in [-0.3, -0.25) is 0 Å². The first-order valence-electron chi connectivity index (χ1n) is 6.95. The maximum absolute atomic E-state index is 2.42. The van der Waals surface area contributed by atoms with Crippen molar-refractivity contribution < 1.29 is 0 Å². The lowest BCUT2D eigenvalue weighted by molar-refractivity contribution is 0.225. The van der Waals surface area contributed by atoms with Crippen molar-refractivity contribution in [3.63, 3.8) is 0 Å². The van der Waals surface area contributed by atoms with E-state index in [4.69, 9.17) is 0 Å². The number of aryl methyl sites for hydroxylation is 2. The summed E-state index contributed by atoms with van der Waals surface area (Å²) in [5.41, 5.74) is 3.64. The van der Waals surface area contributed by atoms with Gasteiger partial charge in [0.25, 0.3) is 0 Å². The molecule has 0 nitrogen and oxygen atoms in total. The molecule has 0 atom stereocenters. The lowest BCUT2D eigenvalue weighted by atomic mass is 9.72. The van der Waals surface area contributed by atoms with E-state index in [9.17, 15) is 0 Å². The molecule has 98 valence electrons. The highest BCUT2D eigenvalue weighted by Gasteiger charge is 2.29. The van der Waals surface area contributed by atoms with E-state index < -0.39 is 0 Å². The molecule has 0 N–H and O–H groups in total. The number of thiophene rings is 2. The first kappa shape index (κ1) is 12.7. The van der Waals surface area contributed by atoms with Gasteiger partial charge in [-0.15, -0.1) is 22.7 Å². The third-order valence-corrected chi connectivity index (χ3v) is 7.49. The Morgan fingerprint density at radius 3 is 2.39 bits per heavy atom. The van der Waals surface area contributed by atoms with E-state index in [1.165, 1.54) is 31.2 Å². The van der Waals surface area contributed by atoms with Crippen LogP contribution < -0.4 is 0 Å². The minimum Gasteiger partial charge on any atom is -0.142 e. The van der Waals surface area contributed by atoms with Gasteiger partial charge in [-0.05, 0) is 67.4 Å². The molecule has 2 aromatic rings. The van der Waals surface area contributed by atoms with E-state index in [-0.39, 0.29) is 0 Å². The maximum Gasteiger partial charge on any atom is 0.0485 e. The van der Waals surface area contributed by atoms with Gasteiger partial charge < -0.3 is 0 Å². The summed E-state index contributed by atoms with van der Waals surface area (Å²) in [5.74, 6) is 0.835. The summed E-state index contributed by atoms with van der Waals surface area (Å²) < 4.78 is 3.11. The zero-order chi connectivity index (χ0) is 12.9. The van der Waals surface area contributed by atoms with Gasteiger partial charge in [0.2, 0.25) is 0 Å². The molecule has 18 heavy (non-hydrogen) atoms. The smallest absolute Gasteiger partial charge is 0.0485 e. The molecular formula is C16H22S2. The molecule has 0 radical (unpaired) electrons. The van der Waals surface area contributed by atoms with Gasteiger partial charge >= 0.3 is 0 Å². The van der Waals surface area contributed by atoms with Crippen LogP contribution in [0.3, 0.4) is 0 Å². The Morgan fingerprint density at radius 2 is 1.78 bits per heavy atom. The van der Waals surface area contributed by atoms with Crippen LogP contribution in [0.15, 0.2) is 5.38 Å². The summed E-state index contributed by atoms with van der Waals surface area (Å²) >= 11 is 4.01. The Labute approximate surface area is 118 Å². The average molecular weight is 278 g/mol. The summed E-state index contributed by atoms with van der Waals surface area (Å²) in [7, 11) is 0. The monoisotopic (exact) mass is 278 g/mol. The zero-order valence-corrected chi connectivity index (χ0v) is 13.4. The summed E-state index contributed by atoms with van der Waals surface area (Å²) in [6, 6.07) is 0. The number of fused-ring (bicyclic) bond motifs is 1. The van der Waals surface area contributed by atoms with Gasteiger partial charge in [0.05, 0.1) is 0 Å². The molecule has 1 aliphatic carbocycles. The van der Waals surface area contributed by atoms with Gasteiger partial charge in [-0.25, -0.2) is 0 Å². The molecule has 2 aromatic heterocycles. The summed E-state index contributed by atoms with van der Waals surface area (Å²) in [4.78, 5) is 1.69. The van der Waals surface area contributed by atoms with E-state index in [0.717, 1.165) is 5.92 Å². The van der Waals surface area contributed by atoms with Gasteiger partial charge in [0, 0.05) is 14.3 Å². The van der Waals surface area contributed by atoms with Crippen LogP contribution in [0.2, 0.25) is 0 Å². The highest BCUT2D eigenvalue weighted by molar-refractivity contribution is 7.27. The molecule has 3 rings (SSSR count). The van der Waals surface area contributed by atoms with Crippen LogP contribution in [0, 0.1) is 19.3 Å². The second-order valence-corrected chi connectivity index (χ2v) is 8.54. The van der Waals surface area contributed by atoms with E-state index in [1.807, 2.05) is 11.3 Å². The number of rotatable bonds is 1. The fourth-order valence-corrected chi connectivity index (χ4v) is 5.89. The molecule has 1 fully saturated rings. The van der Waals surface area contributed by atoms with Crippen molar-refractivity contribution in [3.05, 3.63) is 21.4 Å². The fourth-order valence-electron chi connectivity index (χ4n) is 3.17. The molecule has 1 aliphatic rings. The SMILES string of the molecule is Cc1csc2c(C)c(C3CCC(C)(C)CC3)sc12. The fraction of sp³-hybridized carbons (Fsp3) is 0.625. The van der Waals surface area contributed by atoms with Crippen molar-refractivity contribution in [1.82, 2.24) is 0 Å². The predicted octanol–water partition coefficient (Wildman–Crippen LogP) is 6.26. The molecule has 2 heterocycles. The van der Waals surface area contributed by atoms with Crippen molar-refractivity contribution >= 4 is 32.1 Å². The first-order chi connectivity index (χ1) is 8.48. The third kappa shape index (κ3) is 2.04. The Hall–Kier alpha value is -0.340. The van der Waals surface area contributed by atoms with Crippen molar-refractivity contribution in [1.29, 1.82) is 0 Å². The standard InChI is InChI=1S/C16H22S2/c1-10-9-17-15-11(2)14(18-13(10)15)12-5-7-16(3,4)8-6-12/h9,12H,5-8H2,1-4H3. The van der Waals surface area contributed by atoms with Crippen molar-refractivity contribution in [2.24, 2.45) is 5.41 Å². The molecule has 0 saturated heterocycles. The van der Waals surface area contributed by atoms with Crippen LogP contribution in [0.25, 0.3) is 9.40 Å². The van der Waals surface area contributed by atoms with Crippen LogP contribution in [-0.2, 0) is 0 Å². The number of hydrogen-bond donors (Lipinski definition) is 0. The van der Waals surface area contributed by atoms with Gasteiger partial charge in [0.1, 0.15) is 0 Å². The molecular weight excluding hydrogens is 256 g/mol. The normalized spacial score (nSPS) is 20.7. The quantitative estimate of drug-likeness (QED) is 0.577. The average Bonchev–Trinajstić information content (AvgIpc) is 2.82. The zero-order valence-electron chi connectivity index (χ0n) is 11.8. The van der Waals surface area contributed by atoms with E-state index >= 15 is 0 Å². The van der Waals surface area contributed by atoms with Crippen LogP contribution in [0.4, 0.5) is 0 Å². The molecule has 0 bridgehead atoms.